The number of fused-ring (bicyclic) bond motifs is 2. The molecule has 0 atom stereocenters. The molecular weight excluding hydrogens is 339 g/mol. The van der Waals surface area contributed by atoms with Crippen molar-refractivity contribution in [2.75, 3.05) is 0 Å². The number of hydrogen-bond donors (Lipinski definition) is 0. The van der Waals surface area contributed by atoms with Crippen LogP contribution >= 0.6 is 0 Å². The highest BCUT2D eigenvalue weighted by Gasteiger charge is 2.24. The van der Waals surface area contributed by atoms with Crippen LogP contribution in [0.15, 0.2) is 0 Å². The van der Waals surface area contributed by atoms with Crippen LogP contribution in [0.4, 0.5) is 39.5 Å². The molecule has 0 aromatic heterocycles. The van der Waals surface area contributed by atoms with Crippen molar-refractivity contribution >= 4 is 21.5 Å². The summed E-state index contributed by atoms with van der Waals surface area (Å²) in [6.07, 6.45) is 0. The van der Waals surface area contributed by atoms with Crippen molar-refractivity contribution < 1.29 is 39.5 Å². The summed E-state index contributed by atoms with van der Waals surface area (Å²) in [4.78, 5) is 0. The van der Waals surface area contributed by atoms with Gasteiger partial charge in [0.25, 0.3) is 0 Å². The van der Waals surface area contributed by atoms with Crippen LogP contribution in [0, 0.1) is 58.4 Å². The van der Waals surface area contributed by atoms with E-state index >= 15 is 0 Å². The first-order valence-electron chi connectivity index (χ1n) is 5.70. The Morgan fingerprint density at radius 1 is 0.348 bits per heavy atom. The Morgan fingerprint density at radius 3 is 1.00 bits per heavy atom. The minimum absolute atomic E-state index is 1.42. The molecule has 3 rings (SSSR count). The first kappa shape index (κ1) is 15.4. The second-order valence-corrected chi connectivity index (χ2v) is 4.45. The van der Waals surface area contributed by atoms with E-state index in [9.17, 15) is 39.5 Å². The summed E-state index contributed by atoms with van der Waals surface area (Å²) in [5, 5.41) is -6.07. The van der Waals surface area contributed by atoms with E-state index in [2.05, 4.69) is 0 Å². The maximum Gasteiger partial charge on any atom is 0.182 e. The third-order valence-electron chi connectivity index (χ3n) is 3.22. The van der Waals surface area contributed by atoms with Crippen molar-refractivity contribution in [3.8, 4) is 0 Å². The minimum Gasteiger partial charge on any atom is -0.250 e. The molecule has 0 bridgehead atoms. The van der Waals surface area contributed by atoms with Gasteiger partial charge >= 0.3 is 0 Å². The van der Waals surface area contributed by atoms with Crippen molar-refractivity contribution in [3.63, 3.8) is 0 Å². The summed E-state index contributed by atoms with van der Waals surface area (Å²) < 4.78 is 121. The summed E-state index contributed by atoms with van der Waals surface area (Å²) in [6, 6.07) is 1.52. The lowest BCUT2D eigenvalue weighted by atomic mass is 10.00. The summed E-state index contributed by atoms with van der Waals surface area (Å²) in [7, 11) is 0. The van der Waals surface area contributed by atoms with Gasteiger partial charge in [0, 0.05) is 0 Å². The lowest BCUT2D eigenvalue weighted by Gasteiger charge is -2.17. The SMILES string of the molecule is Fc1c(F)c(F)c2c(F)c3c(F)c(F)c(F)c(F)c3[c-]c2c1F. The summed E-state index contributed by atoms with van der Waals surface area (Å²) >= 11 is 0. The molecule has 0 aliphatic heterocycles. The fraction of sp³-hybridized carbons (Fsp3) is 0. The third kappa shape index (κ3) is 1.82. The van der Waals surface area contributed by atoms with Crippen molar-refractivity contribution in [2.45, 2.75) is 0 Å². The van der Waals surface area contributed by atoms with Crippen molar-refractivity contribution in [1.29, 1.82) is 0 Å². The predicted molar refractivity (Wildman–Crippen MR) is 59.9 cm³/mol. The number of hydrogen-bond acceptors (Lipinski definition) is 0. The minimum atomic E-state index is -2.41. The Labute approximate surface area is 120 Å². The molecule has 0 saturated carbocycles. The molecule has 0 spiro atoms. The van der Waals surface area contributed by atoms with Crippen LogP contribution < -0.4 is 0 Å². The maximum absolute atomic E-state index is 14.2. The molecule has 3 aromatic carbocycles. The van der Waals surface area contributed by atoms with Gasteiger partial charge in [-0.2, -0.15) is 0 Å². The lowest BCUT2D eigenvalue weighted by molar-refractivity contribution is 0.413. The molecule has 0 nitrogen and oxygen atoms in total. The average Bonchev–Trinajstić information content (AvgIpc) is 2.53. The van der Waals surface area contributed by atoms with Gasteiger partial charge in [-0.3, -0.25) is 0 Å². The maximum atomic E-state index is 14.2. The molecular formula is C14F9-. The zero-order valence-electron chi connectivity index (χ0n) is 10.4. The van der Waals surface area contributed by atoms with Crippen LogP contribution in [-0.2, 0) is 0 Å². The van der Waals surface area contributed by atoms with Crippen LogP contribution in [0.2, 0.25) is 0 Å². The number of benzene rings is 3. The molecule has 0 fully saturated rings. The van der Waals surface area contributed by atoms with E-state index in [1.165, 1.54) is 6.07 Å². The van der Waals surface area contributed by atoms with Gasteiger partial charge in [-0.05, 0) is 10.8 Å². The lowest BCUT2D eigenvalue weighted by Crippen LogP contribution is -2.04. The van der Waals surface area contributed by atoms with E-state index < -0.39 is 73.9 Å². The molecule has 3 aromatic rings. The normalized spacial score (nSPS) is 11.7. The Bertz CT molecular complexity index is 929. The fourth-order valence-electron chi connectivity index (χ4n) is 2.16. The molecule has 0 aliphatic carbocycles. The van der Waals surface area contributed by atoms with Crippen LogP contribution in [0.3, 0.4) is 0 Å². The topological polar surface area (TPSA) is 0 Å². The Kier molecular flexibility index (Phi) is 3.20. The highest BCUT2D eigenvalue weighted by molar-refractivity contribution is 5.99. The standard InChI is InChI=1S/C14F9/c15-6-2-1-3-5(10(19)14(23)12(21)7(3)16)8(17)4(2)9(18)13(22)11(6)20/q-1. The molecule has 23 heavy (non-hydrogen) atoms. The zero-order valence-corrected chi connectivity index (χ0v) is 10.4. The quantitative estimate of drug-likeness (QED) is 0.177. The zero-order chi connectivity index (χ0) is 17.2. The molecule has 120 valence electrons. The highest BCUT2D eigenvalue weighted by atomic mass is 19.2. The molecule has 0 N–H and O–H groups in total. The van der Waals surface area contributed by atoms with Gasteiger partial charge in [0.15, 0.2) is 23.3 Å². The van der Waals surface area contributed by atoms with Crippen LogP contribution in [0.25, 0.3) is 21.5 Å². The number of rotatable bonds is 0. The summed E-state index contributed by atoms with van der Waals surface area (Å²) in [5.41, 5.74) is 0. The van der Waals surface area contributed by atoms with Gasteiger partial charge < -0.3 is 0 Å². The van der Waals surface area contributed by atoms with E-state index in [4.69, 9.17) is 0 Å². The first-order chi connectivity index (χ1) is 10.7. The smallest absolute Gasteiger partial charge is 0.182 e. The molecule has 0 heterocycles. The van der Waals surface area contributed by atoms with Gasteiger partial charge in [0.2, 0.25) is 0 Å². The molecule has 9 heteroatoms. The largest absolute Gasteiger partial charge is 0.250 e. The molecule has 0 amide bonds. The van der Waals surface area contributed by atoms with Crippen molar-refractivity contribution in [2.24, 2.45) is 0 Å². The van der Waals surface area contributed by atoms with Crippen molar-refractivity contribution in [3.05, 3.63) is 58.4 Å². The highest BCUT2D eigenvalue weighted by Crippen LogP contribution is 2.36. The molecule has 0 aliphatic rings. The summed E-state index contributed by atoms with van der Waals surface area (Å²) in [6.45, 7) is 0. The molecule has 0 saturated heterocycles. The van der Waals surface area contributed by atoms with Crippen LogP contribution in [0.5, 0.6) is 0 Å². The first-order valence-corrected chi connectivity index (χ1v) is 5.70. The van der Waals surface area contributed by atoms with Crippen molar-refractivity contribution in [1.82, 2.24) is 0 Å². The van der Waals surface area contributed by atoms with Crippen LogP contribution in [-0.4, -0.2) is 0 Å². The van der Waals surface area contributed by atoms with Gasteiger partial charge in [-0.1, -0.05) is 10.8 Å². The second-order valence-electron chi connectivity index (χ2n) is 4.45. The molecule has 0 unspecified atom stereocenters. The van der Waals surface area contributed by atoms with Gasteiger partial charge in [-0.15, -0.1) is 6.07 Å². The van der Waals surface area contributed by atoms with E-state index in [0.717, 1.165) is 0 Å². The summed E-state index contributed by atoms with van der Waals surface area (Å²) in [5.74, 6) is -20.5. The van der Waals surface area contributed by atoms with Crippen LogP contribution in [0.1, 0.15) is 0 Å². The Morgan fingerprint density at radius 2 is 0.652 bits per heavy atom. The van der Waals surface area contributed by atoms with E-state index in [0.29, 0.717) is 0 Å². The predicted octanol–water partition coefficient (Wildman–Crippen LogP) is 5.05. The van der Waals surface area contributed by atoms with E-state index in [1.807, 2.05) is 0 Å². The van der Waals surface area contributed by atoms with Gasteiger partial charge in [-0.25, -0.2) is 39.5 Å². The monoisotopic (exact) mass is 339 g/mol. The second kappa shape index (κ2) is 4.77. The fourth-order valence-corrected chi connectivity index (χ4v) is 2.16. The number of halogens is 9. The average molecular weight is 339 g/mol. The Hall–Kier alpha value is -2.45. The third-order valence-corrected chi connectivity index (χ3v) is 3.22. The van der Waals surface area contributed by atoms with E-state index in [1.54, 1.807) is 0 Å². The van der Waals surface area contributed by atoms with E-state index in [-0.39, 0.29) is 0 Å². The van der Waals surface area contributed by atoms with Gasteiger partial charge in [0.05, 0.1) is 5.82 Å². The van der Waals surface area contributed by atoms with Gasteiger partial charge in [0.1, 0.15) is 23.3 Å². The molecule has 0 radical (unpaired) electrons. The Balaban J connectivity index is 2.73.